The molecule has 1 aliphatic rings. The third kappa shape index (κ3) is 5.76. The number of rotatable bonds is 6. The minimum atomic E-state index is 0.381. The van der Waals surface area contributed by atoms with Gasteiger partial charge in [-0.05, 0) is 49.6 Å². The van der Waals surface area contributed by atoms with Crippen LogP contribution in [0.4, 0.5) is 11.5 Å². The summed E-state index contributed by atoms with van der Waals surface area (Å²) in [6.45, 7) is 10.7. The molecule has 0 atom stereocenters. The van der Waals surface area contributed by atoms with E-state index in [4.69, 9.17) is 21.1 Å². The summed E-state index contributed by atoms with van der Waals surface area (Å²) in [5.74, 6) is 2.15. The Morgan fingerprint density at radius 2 is 1.68 bits per heavy atom. The van der Waals surface area contributed by atoms with E-state index in [1.165, 1.54) is 11.1 Å². The largest absolute Gasteiger partial charge is 0.457 e. The second-order valence-corrected chi connectivity index (χ2v) is 8.44. The average molecular weight is 438 g/mol. The Morgan fingerprint density at radius 1 is 1.00 bits per heavy atom. The highest BCUT2D eigenvalue weighted by atomic mass is 35.5. The fourth-order valence-electron chi connectivity index (χ4n) is 3.90. The van der Waals surface area contributed by atoms with Crippen LogP contribution in [0.15, 0.2) is 48.5 Å². The Kier molecular flexibility index (Phi) is 6.76. The minimum Gasteiger partial charge on any atom is -0.457 e. The zero-order valence-electron chi connectivity index (χ0n) is 18.2. The number of aromatic nitrogens is 1. The smallest absolute Gasteiger partial charge is 0.135 e. The third-order valence-corrected chi connectivity index (χ3v) is 5.52. The molecule has 5 nitrogen and oxygen atoms in total. The van der Waals surface area contributed by atoms with Crippen molar-refractivity contribution in [1.82, 2.24) is 9.88 Å². The topological polar surface area (TPSA) is 46.6 Å². The molecule has 1 aromatic heterocycles. The number of ether oxygens (including phenoxy) is 2. The van der Waals surface area contributed by atoms with Crippen LogP contribution in [-0.4, -0.2) is 36.2 Å². The molecule has 6 heteroatoms. The average Bonchev–Trinajstić information content (AvgIpc) is 2.72. The van der Waals surface area contributed by atoms with Crippen LogP contribution in [0.25, 0.3) is 0 Å². The fourth-order valence-corrected chi connectivity index (χ4v) is 4.10. The van der Waals surface area contributed by atoms with E-state index in [2.05, 4.69) is 72.4 Å². The molecule has 0 bridgehead atoms. The molecule has 1 N–H and O–H groups in total. The molecular formula is C25H28ClN3O2. The molecule has 0 aliphatic carbocycles. The lowest BCUT2D eigenvalue weighted by Crippen LogP contribution is -2.35. The van der Waals surface area contributed by atoms with Crippen LogP contribution in [0, 0.1) is 20.8 Å². The van der Waals surface area contributed by atoms with Gasteiger partial charge < -0.3 is 14.8 Å². The van der Waals surface area contributed by atoms with E-state index in [9.17, 15) is 0 Å². The molecule has 0 spiro atoms. The molecule has 2 aromatic carbocycles. The number of hydrogen-bond donors (Lipinski definition) is 1. The van der Waals surface area contributed by atoms with Gasteiger partial charge in [0.2, 0.25) is 0 Å². The van der Waals surface area contributed by atoms with E-state index < -0.39 is 0 Å². The van der Waals surface area contributed by atoms with Crippen LogP contribution < -0.4 is 10.1 Å². The van der Waals surface area contributed by atoms with Gasteiger partial charge in [-0.2, -0.15) is 0 Å². The Bertz CT molecular complexity index is 1020. The van der Waals surface area contributed by atoms with Gasteiger partial charge in [0.25, 0.3) is 0 Å². The summed E-state index contributed by atoms with van der Waals surface area (Å²) in [6.07, 6.45) is 0. The van der Waals surface area contributed by atoms with Gasteiger partial charge in [-0.3, -0.25) is 4.90 Å². The summed E-state index contributed by atoms with van der Waals surface area (Å²) >= 11 is 6.27. The lowest BCUT2D eigenvalue weighted by atomic mass is 10.1. The predicted molar refractivity (Wildman–Crippen MR) is 126 cm³/mol. The highest BCUT2D eigenvalue weighted by molar-refractivity contribution is 6.29. The standard InChI is InChI=1S/C25H28ClN3O2/c1-17-12-18(2)25(19(3)13-17)31-22-14-23(26)28-24(15-22)27-21-6-4-20(5-7-21)16-29-8-10-30-11-9-29/h4-7,12-15H,8-11,16H2,1-3H3,(H,27,28). The van der Waals surface area contributed by atoms with Crippen molar-refractivity contribution in [2.24, 2.45) is 0 Å². The number of nitrogens with zero attached hydrogens (tertiary/aromatic N) is 2. The summed E-state index contributed by atoms with van der Waals surface area (Å²) in [5.41, 5.74) is 5.64. The molecule has 1 fully saturated rings. The Hall–Kier alpha value is -2.60. The predicted octanol–water partition coefficient (Wildman–Crippen LogP) is 6.03. The summed E-state index contributed by atoms with van der Waals surface area (Å²) in [6, 6.07) is 16.2. The zero-order valence-corrected chi connectivity index (χ0v) is 19.0. The SMILES string of the molecule is Cc1cc(C)c(Oc2cc(Cl)nc(Nc3ccc(CN4CCOCC4)cc3)c2)c(C)c1. The zero-order chi connectivity index (χ0) is 21.8. The molecule has 4 rings (SSSR count). The maximum Gasteiger partial charge on any atom is 0.135 e. The molecule has 31 heavy (non-hydrogen) atoms. The minimum absolute atomic E-state index is 0.381. The fraction of sp³-hybridized carbons (Fsp3) is 0.320. The lowest BCUT2D eigenvalue weighted by Gasteiger charge is -2.26. The van der Waals surface area contributed by atoms with Gasteiger partial charge in [0.15, 0.2) is 0 Å². The van der Waals surface area contributed by atoms with Crippen LogP contribution in [0.1, 0.15) is 22.3 Å². The van der Waals surface area contributed by atoms with Gasteiger partial charge in [-0.15, -0.1) is 0 Å². The molecule has 1 saturated heterocycles. The molecule has 0 unspecified atom stereocenters. The van der Waals surface area contributed by atoms with E-state index in [1.807, 2.05) is 6.07 Å². The maximum absolute atomic E-state index is 6.27. The normalized spacial score (nSPS) is 14.5. The van der Waals surface area contributed by atoms with Gasteiger partial charge >= 0.3 is 0 Å². The first-order valence-electron chi connectivity index (χ1n) is 10.6. The number of halogens is 1. The first kappa shape index (κ1) is 21.6. The Labute approximate surface area is 189 Å². The monoisotopic (exact) mass is 437 g/mol. The second kappa shape index (κ2) is 9.69. The number of nitrogens with one attached hydrogen (secondary N) is 1. The van der Waals surface area contributed by atoms with E-state index in [-0.39, 0.29) is 0 Å². The quantitative estimate of drug-likeness (QED) is 0.477. The summed E-state index contributed by atoms with van der Waals surface area (Å²) in [7, 11) is 0. The molecular weight excluding hydrogens is 410 g/mol. The number of morpholine rings is 1. The van der Waals surface area contributed by atoms with Gasteiger partial charge in [0, 0.05) is 37.5 Å². The van der Waals surface area contributed by atoms with Crippen molar-refractivity contribution in [1.29, 1.82) is 0 Å². The maximum atomic E-state index is 6.27. The first-order chi connectivity index (χ1) is 15.0. The molecule has 0 radical (unpaired) electrons. The van der Waals surface area contributed by atoms with Crippen molar-refractivity contribution in [3.8, 4) is 11.5 Å². The van der Waals surface area contributed by atoms with Crippen molar-refractivity contribution >= 4 is 23.1 Å². The number of aryl methyl sites for hydroxylation is 3. The summed E-state index contributed by atoms with van der Waals surface area (Å²) in [5, 5.41) is 3.71. The van der Waals surface area contributed by atoms with E-state index >= 15 is 0 Å². The first-order valence-corrected chi connectivity index (χ1v) is 10.9. The highest BCUT2D eigenvalue weighted by Gasteiger charge is 2.11. The lowest BCUT2D eigenvalue weighted by molar-refractivity contribution is 0.0342. The third-order valence-electron chi connectivity index (χ3n) is 5.33. The van der Waals surface area contributed by atoms with Gasteiger partial charge in [0.05, 0.1) is 13.2 Å². The van der Waals surface area contributed by atoms with Crippen LogP contribution in [0.3, 0.4) is 0 Å². The Morgan fingerprint density at radius 3 is 2.35 bits per heavy atom. The molecule has 162 valence electrons. The molecule has 2 heterocycles. The molecule has 0 amide bonds. The van der Waals surface area contributed by atoms with E-state index in [0.717, 1.165) is 55.4 Å². The molecule has 3 aromatic rings. The van der Waals surface area contributed by atoms with Gasteiger partial charge in [-0.1, -0.05) is 41.4 Å². The summed E-state index contributed by atoms with van der Waals surface area (Å²) < 4.78 is 11.6. The van der Waals surface area contributed by atoms with Crippen LogP contribution in [0.5, 0.6) is 11.5 Å². The number of benzene rings is 2. The molecule has 0 saturated carbocycles. The van der Waals surface area contributed by atoms with Gasteiger partial charge in [-0.25, -0.2) is 4.98 Å². The van der Waals surface area contributed by atoms with Crippen molar-refractivity contribution in [3.05, 3.63) is 75.9 Å². The van der Waals surface area contributed by atoms with Crippen molar-refractivity contribution in [2.45, 2.75) is 27.3 Å². The summed E-state index contributed by atoms with van der Waals surface area (Å²) in [4.78, 5) is 6.80. The second-order valence-electron chi connectivity index (χ2n) is 8.05. The number of pyridine rings is 1. The van der Waals surface area contributed by atoms with Crippen LogP contribution >= 0.6 is 11.6 Å². The Balaban J connectivity index is 1.46. The van der Waals surface area contributed by atoms with Crippen LogP contribution in [-0.2, 0) is 11.3 Å². The number of hydrogen-bond acceptors (Lipinski definition) is 5. The van der Waals surface area contributed by atoms with E-state index in [1.54, 1.807) is 6.07 Å². The van der Waals surface area contributed by atoms with Gasteiger partial charge in [0.1, 0.15) is 22.5 Å². The van der Waals surface area contributed by atoms with Crippen molar-refractivity contribution < 1.29 is 9.47 Å². The van der Waals surface area contributed by atoms with Crippen molar-refractivity contribution in [3.63, 3.8) is 0 Å². The number of anilines is 2. The highest BCUT2D eigenvalue weighted by Crippen LogP contribution is 2.32. The van der Waals surface area contributed by atoms with Crippen molar-refractivity contribution in [2.75, 3.05) is 31.6 Å². The van der Waals surface area contributed by atoms with E-state index in [0.29, 0.717) is 16.7 Å². The van der Waals surface area contributed by atoms with Crippen LogP contribution in [0.2, 0.25) is 5.15 Å². The molecule has 1 aliphatic heterocycles.